The monoisotopic (exact) mass is 477 g/mol. The molecule has 4 aromatic rings. The highest BCUT2D eigenvalue weighted by atomic mass is 16.5. The van der Waals surface area contributed by atoms with Crippen LogP contribution in [-0.4, -0.2) is 59.8 Å². The fourth-order valence-electron chi connectivity index (χ4n) is 3.52. The maximum atomic E-state index is 12.4. The van der Waals surface area contributed by atoms with Gasteiger partial charge in [-0.3, -0.25) is 9.36 Å². The molecule has 0 unspecified atom stereocenters. The number of benzene rings is 1. The molecule has 3 aromatic heterocycles. The molecule has 4 rings (SSSR count). The Morgan fingerprint density at radius 1 is 1.06 bits per heavy atom. The lowest BCUT2D eigenvalue weighted by atomic mass is 10.2. The van der Waals surface area contributed by atoms with Crippen LogP contribution in [0.1, 0.15) is 16.9 Å². The van der Waals surface area contributed by atoms with E-state index in [2.05, 4.69) is 25.6 Å². The largest absolute Gasteiger partial charge is 0.493 e. The highest BCUT2D eigenvalue weighted by Crippen LogP contribution is 2.40. The summed E-state index contributed by atoms with van der Waals surface area (Å²) < 4.78 is 18.0. The Bertz CT molecular complexity index is 1310. The lowest BCUT2D eigenvalue weighted by Crippen LogP contribution is -2.27. The van der Waals surface area contributed by atoms with Crippen molar-refractivity contribution in [3.8, 4) is 23.1 Å². The van der Waals surface area contributed by atoms with Crippen LogP contribution in [0.3, 0.4) is 0 Å². The average molecular weight is 478 g/mol. The van der Waals surface area contributed by atoms with Gasteiger partial charge in [-0.1, -0.05) is 6.07 Å². The number of pyridine rings is 1. The van der Waals surface area contributed by atoms with E-state index in [1.807, 2.05) is 18.3 Å². The molecule has 0 saturated heterocycles. The van der Waals surface area contributed by atoms with Crippen molar-refractivity contribution in [2.45, 2.75) is 6.42 Å². The molecule has 0 aliphatic rings. The van der Waals surface area contributed by atoms with E-state index in [1.165, 1.54) is 0 Å². The van der Waals surface area contributed by atoms with E-state index in [9.17, 15) is 4.79 Å². The van der Waals surface area contributed by atoms with Crippen molar-refractivity contribution in [2.75, 3.05) is 39.7 Å². The summed E-state index contributed by atoms with van der Waals surface area (Å²) in [4.78, 5) is 26.0. The van der Waals surface area contributed by atoms with Crippen LogP contribution in [0.2, 0.25) is 0 Å². The van der Waals surface area contributed by atoms with Crippen LogP contribution in [0.25, 0.3) is 16.9 Å². The lowest BCUT2D eigenvalue weighted by Gasteiger charge is -2.14. The van der Waals surface area contributed by atoms with Crippen molar-refractivity contribution in [2.24, 2.45) is 5.73 Å². The summed E-state index contributed by atoms with van der Waals surface area (Å²) in [5.41, 5.74) is 7.09. The molecule has 1 aromatic carbocycles. The van der Waals surface area contributed by atoms with Gasteiger partial charge in [0.1, 0.15) is 11.5 Å². The van der Waals surface area contributed by atoms with E-state index in [-0.39, 0.29) is 5.91 Å². The van der Waals surface area contributed by atoms with Gasteiger partial charge in [-0.15, -0.1) is 0 Å². The van der Waals surface area contributed by atoms with E-state index in [0.29, 0.717) is 65.6 Å². The lowest BCUT2D eigenvalue weighted by molar-refractivity contribution is 0.0948. The third kappa shape index (κ3) is 5.09. The number of methoxy groups -OCH3 is 3. The SMILES string of the molecule is COc1cc(Nc2ncc3ccn(-c4cccc(C(=O)NCCCN)n4)c3n2)cc(OC)c1OC. The second-order valence-electron chi connectivity index (χ2n) is 7.48. The minimum atomic E-state index is -0.254. The summed E-state index contributed by atoms with van der Waals surface area (Å²) in [7, 11) is 4.65. The van der Waals surface area contributed by atoms with Gasteiger partial charge in [0.25, 0.3) is 5.91 Å². The predicted octanol–water partition coefficient (Wildman–Crippen LogP) is 2.66. The Labute approximate surface area is 202 Å². The van der Waals surface area contributed by atoms with Crippen LogP contribution in [0.5, 0.6) is 17.2 Å². The Morgan fingerprint density at radius 2 is 1.83 bits per heavy atom. The van der Waals surface area contributed by atoms with Gasteiger partial charge in [-0.25, -0.2) is 9.97 Å². The second kappa shape index (κ2) is 10.7. The molecule has 182 valence electrons. The van der Waals surface area contributed by atoms with Gasteiger partial charge in [0, 0.05) is 42.1 Å². The first kappa shape index (κ1) is 23.8. The highest BCUT2D eigenvalue weighted by molar-refractivity contribution is 5.92. The zero-order valence-electron chi connectivity index (χ0n) is 19.7. The van der Waals surface area contributed by atoms with Gasteiger partial charge in [0.15, 0.2) is 17.1 Å². The molecule has 1 amide bonds. The van der Waals surface area contributed by atoms with E-state index < -0.39 is 0 Å². The molecule has 0 fully saturated rings. The molecular weight excluding hydrogens is 450 g/mol. The van der Waals surface area contributed by atoms with Crippen molar-refractivity contribution in [1.82, 2.24) is 24.8 Å². The number of carbonyl (C=O) groups is 1. The standard InChI is InChI=1S/C24H27N7O4/c1-33-18-12-16(13-19(34-2)21(18)35-3)28-24-27-14-15-8-11-31(22(15)30-24)20-7-4-6-17(29-20)23(32)26-10-5-9-25/h4,6-8,11-14H,5,9-10,25H2,1-3H3,(H,26,32)(H,27,28,30). The smallest absolute Gasteiger partial charge is 0.269 e. The van der Waals surface area contributed by atoms with Crippen LogP contribution in [-0.2, 0) is 0 Å². The summed E-state index contributed by atoms with van der Waals surface area (Å²) >= 11 is 0. The fraction of sp³-hybridized carbons (Fsp3) is 0.250. The fourth-order valence-corrected chi connectivity index (χ4v) is 3.52. The molecule has 4 N–H and O–H groups in total. The summed E-state index contributed by atoms with van der Waals surface area (Å²) in [6.45, 7) is 1.01. The molecule has 0 aliphatic carbocycles. The van der Waals surface area contributed by atoms with Crippen molar-refractivity contribution < 1.29 is 19.0 Å². The van der Waals surface area contributed by atoms with Crippen LogP contribution in [0, 0.1) is 0 Å². The van der Waals surface area contributed by atoms with Crippen molar-refractivity contribution in [3.05, 3.63) is 54.5 Å². The van der Waals surface area contributed by atoms with E-state index >= 15 is 0 Å². The van der Waals surface area contributed by atoms with E-state index in [0.717, 1.165) is 5.39 Å². The van der Waals surface area contributed by atoms with Gasteiger partial charge < -0.3 is 30.6 Å². The topological polar surface area (TPSA) is 138 Å². The Kier molecular flexibility index (Phi) is 7.27. The third-order valence-corrected chi connectivity index (χ3v) is 5.23. The molecule has 0 radical (unpaired) electrons. The molecule has 35 heavy (non-hydrogen) atoms. The summed E-state index contributed by atoms with van der Waals surface area (Å²) in [6.07, 6.45) is 4.25. The number of anilines is 2. The normalized spacial score (nSPS) is 10.7. The van der Waals surface area contributed by atoms with Gasteiger partial charge in [0.2, 0.25) is 11.7 Å². The molecule has 0 bridgehead atoms. The van der Waals surface area contributed by atoms with Crippen LogP contribution in [0.4, 0.5) is 11.6 Å². The summed E-state index contributed by atoms with van der Waals surface area (Å²) in [6, 6.07) is 10.7. The first-order valence-electron chi connectivity index (χ1n) is 10.9. The Morgan fingerprint density at radius 3 is 2.51 bits per heavy atom. The second-order valence-corrected chi connectivity index (χ2v) is 7.48. The number of nitrogens with one attached hydrogen (secondary N) is 2. The zero-order chi connectivity index (χ0) is 24.8. The van der Waals surface area contributed by atoms with Gasteiger partial charge in [-0.05, 0) is 31.2 Å². The summed E-state index contributed by atoms with van der Waals surface area (Å²) in [5, 5.41) is 6.81. The van der Waals surface area contributed by atoms with Crippen LogP contribution < -0.4 is 30.6 Å². The quantitative estimate of drug-likeness (QED) is 0.294. The molecule has 11 nitrogen and oxygen atoms in total. The van der Waals surface area contributed by atoms with Gasteiger partial charge >= 0.3 is 0 Å². The van der Waals surface area contributed by atoms with E-state index in [1.54, 1.807) is 56.4 Å². The molecule has 0 aliphatic heterocycles. The maximum Gasteiger partial charge on any atom is 0.269 e. The van der Waals surface area contributed by atoms with E-state index in [4.69, 9.17) is 19.9 Å². The minimum absolute atomic E-state index is 0.254. The third-order valence-electron chi connectivity index (χ3n) is 5.23. The zero-order valence-corrected chi connectivity index (χ0v) is 19.7. The number of hydrogen-bond acceptors (Lipinski definition) is 9. The highest BCUT2D eigenvalue weighted by Gasteiger charge is 2.15. The predicted molar refractivity (Wildman–Crippen MR) is 132 cm³/mol. The maximum absolute atomic E-state index is 12.4. The van der Waals surface area contributed by atoms with Crippen molar-refractivity contribution in [3.63, 3.8) is 0 Å². The molecule has 0 atom stereocenters. The van der Waals surface area contributed by atoms with Crippen molar-refractivity contribution >= 4 is 28.6 Å². The molecular formula is C24H27N7O4. The molecule has 3 heterocycles. The number of carbonyl (C=O) groups excluding carboxylic acids is 1. The first-order chi connectivity index (χ1) is 17.1. The Hall–Kier alpha value is -4.38. The number of amides is 1. The van der Waals surface area contributed by atoms with Crippen molar-refractivity contribution in [1.29, 1.82) is 0 Å². The number of aromatic nitrogens is 4. The number of ether oxygens (including phenoxy) is 3. The number of fused-ring (bicyclic) bond motifs is 1. The van der Waals surface area contributed by atoms with Crippen LogP contribution in [0.15, 0.2) is 48.8 Å². The molecule has 0 spiro atoms. The average Bonchev–Trinajstić information content (AvgIpc) is 3.31. The summed E-state index contributed by atoms with van der Waals surface area (Å²) in [5.74, 6) is 2.17. The van der Waals surface area contributed by atoms with Gasteiger partial charge in [0.05, 0.1) is 21.3 Å². The minimum Gasteiger partial charge on any atom is -0.493 e. The number of rotatable bonds is 10. The van der Waals surface area contributed by atoms with Crippen LogP contribution >= 0.6 is 0 Å². The number of nitrogens with zero attached hydrogens (tertiary/aromatic N) is 4. The first-order valence-corrected chi connectivity index (χ1v) is 10.9. The number of nitrogens with two attached hydrogens (primary N) is 1. The van der Waals surface area contributed by atoms with Gasteiger partial charge in [-0.2, -0.15) is 4.98 Å². The Balaban J connectivity index is 1.64. The molecule has 11 heteroatoms. The number of hydrogen-bond donors (Lipinski definition) is 3. The molecule has 0 saturated carbocycles.